The topological polar surface area (TPSA) is 71.1 Å². The van der Waals surface area contributed by atoms with E-state index in [1.165, 1.54) is 14.0 Å². The van der Waals surface area contributed by atoms with Gasteiger partial charge in [0, 0.05) is 7.05 Å². The van der Waals surface area contributed by atoms with Crippen LogP contribution in [0.1, 0.15) is 17.3 Å². The molecule has 0 bridgehead atoms. The van der Waals surface area contributed by atoms with Crippen molar-refractivity contribution in [1.82, 2.24) is 15.6 Å². The molecule has 0 spiro atoms. The van der Waals surface area contributed by atoms with Gasteiger partial charge in [-0.25, -0.2) is 9.37 Å². The summed E-state index contributed by atoms with van der Waals surface area (Å²) in [5, 5.41) is 4.63. The molecule has 0 saturated carbocycles. The van der Waals surface area contributed by atoms with Crippen LogP contribution in [0, 0.1) is 5.82 Å². The van der Waals surface area contributed by atoms with Crippen LogP contribution in [0.15, 0.2) is 12.3 Å². The first-order valence-electron chi connectivity index (χ1n) is 4.79. The van der Waals surface area contributed by atoms with Crippen molar-refractivity contribution in [2.24, 2.45) is 0 Å². The normalized spacial score (nSPS) is 11.8. The highest BCUT2D eigenvalue weighted by molar-refractivity contribution is 6.32. The number of halogens is 2. The number of nitrogens with zero attached hydrogens (tertiary/aromatic N) is 1. The predicted molar refractivity (Wildman–Crippen MR) is 60.2 cm³/mol. The third-order valence-electron chi connectivity index (χ3n) is 2.04. The van der Waals surface area contributed by atoms with Gasteiger partial charge in [0.1, 0.15) is 17.0 Å². The van der Waals surface area contributed by atoms with E-state index >= 15 is 0 Å². The second-order valence-corrected chi connectivity index (χ2v) is 3.66. The number of aromatic nitrogens is 1. The Morgan fingerprint density at radius 1 is 1.53 bits per heavy atom. The van der Waals surface area contributed by atoms with Crippen molar-refractivity contribution in [3.8, 4) is 0 Å². The Kier molecular flexibility index (Phi) is 4.39. The molecule has 1 atom stereocenters. The minimum absolute atomic E-state index is 0.109. The lowest BCUT2D eigenvalue weighted by Crippen LogP contribution is -2.43. The van der Waals surface area contributed by atoms with E-state index < -0.39 is 17.8 Å². The fourth-order valence-electron chi connectivity index (χ4n) is 1.14. The third-order valence-corrected chi connectivity index (χ3v) is 2.34. The molecule has 0 aliphatic heterocycles. The Morgan fingerprint density at radius 3 is 2.76 bits per heavy atom. The third kappa shape index (κ3) is 3.39. The standard InChI is InChI=1S/C10H11ClFN3O2/c1-5(9(16)13-2)15-10(17)7-3-6(12)4-14-8(7)11/h3-5H,1-2H3,(H,13,16)(H,15,17). The fourth-order valence-corrected chi connectivity index (χ4v) is 1.33. The van der Waals surface area contributed by atoms with Gasteiger partial charge in [0.15, 0.2) is 0 Å². The van der Waals surface area contributed by atoms with Crippen molar-refractivity contribution in [3.63, 3.8) is 0 Å². The molecule has 0 aromatic carbocycles. The number of pyridine rings is 1. The van der Waals surface area contributed by atoms with Crippen LogP contribution in [-0.4, -0.2) is 29.9 Å². The minimum Gasteiger partial charge on any atom is -0.357 e. The van der Waals surface area contributed by atoms with Crippen LogP contribution in [-0.2, 0) is 4.79 Å². The number of amides is 2. The Bertz CT molecular complexity index is 453. The molecule has 17 heavy (non-hydrogen) atoms. The monoisotopic (exact) mass is 259 g/mol. The average Bonchev–Trinajstić information content (AvgIpc) is 2.30. The van der Waals surface area contributed by atoms with Crippen molar-refractivity contribution in [1.29, 1.82) is 0 Å². The summed E-state index contributed by atoms with van der Waals surface area (Å²) in [4.78, 5) is 26.3. The molecule has 0 aliphatic carbocycles. The number of likely N-dealkylation sites (N-methyl/N-ethyl adjacent to an activating group) is 1. The molecule has 2 amide bonds. The van der Waals surface area contributed by atoms with E-state index in [1.54, 1.807) is 0 Å². The first-order valence-corrected chi connectivity index (χ1v) is 5.17. The zero-order valence-electron chi connectivity index (χ0n) is 9.25. The highest BCUT2D eigenvalue weighted by Gasteiger charge is 2.18. The molecule has 1 heterocycles. The van der Waals surface area contributed by atoms with Crippen LogP contribution >= 0.6 is 11.6 Å². The van der Waals surface area contributed by atoms with Gasteiger partial charge in [0.25, 0.3) is 5.91 Å². The first-order chi connectivity index (χ1) is 7.95. The zero-order chi connectivity index (χ0) is 13.0. The summed E-state index contributed by atoms with van der Waals surface area (Å²) in [5.41, 5.74) is -0.109. The zero-order valence-corrected chi connectivity index (χ0v) is 10.0. The van der Waals surface area contributed by atoms with Crippen molar-refractivity contribution in [2.45, 2.75) is 13.0 Å². The van der Waals surface area contributed by atoms with Gasteiger partial charge >= 0.3 is 0 Å². The van der Waals surface area contributed by atoms with Gasteiger partial charge in [-0.1, -0.05) is 11.6 Å². The molecule has 0 saturated heterocycles. The molecular formula is C10H11ClFN3O2. The van der Waals surface area contributed by atoms with E-state index in [4.69, 9.17) is 11.6 Å². The molecule has 1 rings (SSSR count). The molecule has 2 N–H and O–H groups in total. The predicted octanol–water partition coefficient (Wildman–Crippen LogP) is 0.738. The summed E-state index contributed by atoms with van der Waals surface area (Å²) in [6.07, 6.45) is 0.904. The van der Waals surface area contributed by atoms with Gasteiger partial charge in [-0.2, -0.15) is 0 Å². The maximum Gasteiger partial charge on any atom is 0.255 e. The van der Waals surface area contributed by atoms with Crippen LogP contribution in [0.25, 0.3) is 0 Å². The minimum atomic E-state index is -0.744. The van der Waals surface area contributed by atoms with Crippen LogP contribution in [0.4, 0.5) is 4.39 Å². The van der Waals surface area contributed by atoms with Gasteiger partial charge in [-0.05, 0) is 13.0 Å². The number of carbonyl (C=O) groups excluding carboxylic acids is 2. The summed E-state index contributed by atoms with van der Waals surface area (Å²) in [6, 6.07) is 0.216. The lowest BCUT2D eigenvalue weighted by Gasteiger charge is -2.12. The summed E-state index contributed by atoms with van der Waals surface area (Å²) in [7, 11) is 1.45. The Morgan fingerprint density at radius 2 is 2.18 bits per heavy atom. The summed E-state index contributed by atoms with van der Waals surface area (Å²) in [6.45, 7) is 1.50. The lowest BCUT2D eigenvalue weighted by molar-refractivity contribution is -0.122. The molecule has 1 unspecified atom stereocenters. The maximum absolute atomic E-state index is 12.9. The van der Waals surface area contributed by atoms with Gasteiger partial charge in [0.2, 0.25) is 5.91 Å². The van der Waals surface area contributed by atoms with E-state index in [-0.39, 0.29) is 16.6 Å². The van der Waals surface area contributed by atoms with E-state index in [1.807, 2.05) is 0 Å². The van der Waals surface area contributed by atoms with Crippen LogP contribution < -0.4 is 10.6 Å². The number of hydrogen-bond donors (Lipinski definition) is 2. The van der Waals surface area contributed by atoms with E-state index in [9.17, 15) is 14.0 Å². The number of carbonyl (C=O) groups is 2. The summed E-state index contributed by atoms with van der Waals surface area (Å²) < 4.78 is 12.9. The van der Waals surface area contributed by atoms with Gasteiger partial charge < -0.3 is 10.6 Å². The SMILES string of the molecule is CNC(=O)C(C)NC(=O)c1cc(F)cnc1Cl. The van der Waals surface area contributed by atoms with Gasteiger partial charge in [-0.15, -0.1) is 0 Å². The second kappa shape index (κ2) is 5.58. The Balaban J connectivity index is 2.83. The molecular weight excluding hydrogens is 249 g/mol. The van der Waals surface area contributed by atoms with Crippen LogP contribution in [0.2, 0.25) is 5.15 Å². The summed E-state index contributed by atoms with van der Waals surface area (Å²) >= 11 is 5.65. The van der Waals surface area contributed by atoms with Crippen molar-refractivity contribution < 1.29 is 14.0 Å². The Hall–Kier alpha value is -1.69. The number of rotatable bonds is 3. The van der Waals surface area contributed by atoms with E-state index in [0.29, 0.717) is 0 Å². The number of hydrogen-bond acceptors (Lipinski definition) is 3. The van der Waals surface area contributed by atoms with Crippen LogP contribution in [0.5, 0.6) is 0 Å². The lowest BCUT2D eigenvalue weighted by atomic mass is 10.2. The Labute approximate surface area is 102 Å². The maximum atomic E-state index is 12.9. The first kappa shape index (κ1) is 13.4. The quantitative estimate of drug-likeness (QED) is 0.787. The van der Waals surface area contributed by atoms with E-state index in [0.717, 1.165) is 12.3 Å². The van der Waals surface area contributed by atoms with Crippen molar-refractivity contribution in [3.05, 3.63) is 28.8 Å². The average molecular weight is 260 g/mol. The fraction of sp³-hybridized carbons (Fsp3) is 0.300. The highest BCUT2D eigenvalue weighted by atomic mass is 35.5. The molecule has 1 aromatic heterocycles. The van der Waals surface area contributed by atoms with Crippen molar-refractivity contribution in [2.75, 3.05) is 7.05 Å². The second-order valence-electron chi connectivity index (χ2n) is 3.30. The highest BCUT2D eigenvalue weighted by Crippen LogP contribution is 2.13. The molecule has 0 fully saturated rings. The number of nitrogens with one attached hydrogen (secondary N) is 2. The molecule has 0 aliphatic rings. The van der Waals surface area contributed by atoms with Gasteiger partial charge in [-0.3, -0.25) is 9.59 Å². The van der Waals surface area contributed by atoms with Crippen LogP contribution in [0.3, 0.4) is 0 Å². The largest absolute Gasteiger partial charge is 0.357 e. The molecule has 7 heteroatoms. The van der Waals surface area contributed by atoms with Crippen molar-refractivity contribution >= 4 is 23.4 Å². The molecule has 92 valence electrons. The molecule has 5 nitrogen and oxygen atoms in total. The molecule has 1 aromatic rings. The smallest absolute Gasteiger partial charge is 0.255 e. The van der Waals surface area contributed by atoms with Gasteiger partial charge in [0.05, 0.1) is 11.8 Å². The molecule has 0 radical (unpaired) electrons. The van der Waals surface area contributed by atoms with E-state index in [2.05, 4.69) is 15.6 Å². The summed E-state index contributed by atoms with van der Waals surface area (Å²) in [5.74, 6) is -1.69.